The molecule has 0 aliphatic heterocycles. The first-order valence-electron chi connectivity index (χ1n) is 7.65. The van der Waals surface area contributed by atoms with Gasteiger partial charge in [0.2, 0.25) is 0 Å². The van der Waals surface area contributed by atoms with Crippen molar-refractivity contribution in [2.24, 2.45) is 0 Å². The summed E-state index contributed by atoms with van der Waals surface area (Å²) < 4.78 is 0. The second-order valence-corrected chi connectivity index (χ2v) is 5.54. The molecule has 4 aromatic rings. The van der Waals surface area contributed by atoms with Crippen LogP contribution in [0.15, 0.2) is 66.9 Å². The summed E-state index contributed by atoms with van der Waals surface area (Å²) in [5.41, 5.74) is 5.19. The van der Waals surface area contributed by atoms with Gasteiger partial charge in [-0.1, -0.05) is 60.7 Å². The lowest BCUT2D eigenvalue weighted by molar-refractivity contribution is 0.987. The molecule has 0 aliphatic carbocycles. The highest BCUT2D eigenvalue weighted by molar-refractivity contribution is 5.76. The number of H-pyrrole nitrogens is 1. The average molecular weight is 300 g/mol. The molecular formula is C19H16N4. The number of aromatic nitrogens is 4. The molecule has 0 spiro atoms. The predicted molar refractivity (Wildman–Crippen MR) is 90.2 cm³/mol. The van der Waals surface area contributed by atoms with Crippen molar-refractivity contribution in [2.45, 2.75) is 12.8 Å². The molecular weight excluding hydrogens is 284 g/mol. The highest BCUT2D eigenvalue weighted by Gasteiger charge is 2.10. The maximum absolute atomic E-state index is 4.72. The molecule has 2 heterocycles. The first-order valence-corrected chi connectivity index (χ1v) is 7.65. The van der Waals surface area contributed by atoms with Gasteiger partial charge >= 0.3 is 0 Å². The van der Waals surface area contributed by atoms with E-state index in [2.05, 4.69) is 39.4 Å². The van der Waals surface area contributed by atoms with E-state index in [0.29, 0.717) is 0 Å². The molecule has 0 fully saturated rings. The number of fused-ring (bicyclic) bond motifs is 1. The van der Waals surface area contributed by atoms with Gasteiger partial charge in [-0.15, -0.1) is 0 Å². The van der Waals surface area contributed by atoms with Gasteiger partial charge in [-0.25, -0.2) is 9.97 Å². The van der Waals surface area contributed by atoms with Crippen LogP contribution in [0.4, 0.5) is 0 Å². The number of nitrogens with zero attached hydrogens (tertiary/aromatic N) is 3. The third-order valence-electron chi connectivity index (χ3n) is 3.84. The van der Waals surface area contributed by atoms with E-state index in [1.165, 1.54) is 11.1 Å². The van der Waals surface area contributed by atoms with Gasteiger partial charge in [-0.05, 0) is 11.1 Å². The monoisotopic (exact) mass is 300 g/mol. The Hall–Kier alpha value is -3.01. The SMILES string of the molecule is c1ccc(Cc2ncc3[nH]nc(Cc4ccccc4)c3n2)cc1. The predicted octanol–water partition coefficient (Wildman–Crippen LogP) is 3.53. The first kappa shape index (κ1) is 13.6. The second-order valence-electron chi connectivity index (χ2n) is 5.54. The van der Waals surface area contributed by atoms with Crippen molar-refractivity contribution in [2.75, 3.05) is 0 Å². The molecule has 4 rings (SSSR count). The summed E-state index contributed by atoms with van der Waals surface area (Å²) >= 11 is 0. The van der Waals surface area contributed by atoms with Gasteiger partial charge in [0.05, 0.1) is 11.9 Å². The Morgan fingerprint density at radius 2 is 1.43 bits per heavy atom. The average Bonchev–Trinajstić information content (AvgIpc) is 2.99. The maximum Gasteiger partial charge on any atom is 0.133 e. The number of hydrogen-bond acceptors (Lipinski definition) is 3. The molecule has 4 nitrogen and oxygen atoms in total. The van der Waals surface area contributed by atoms with E-state index in [-0.39, 0.29) is 0 Å². The third kappa shape index (κ3) is 2.97. The van der Waals surface area contributed by atoms with Crippen molar-refractivity contribution in [1.82, 2.24) is 20.2 Å². The van der Waals surface area contributed by atoms with E-state index in [4.69, 9.17) is 4.98 Å². The van der Waals surface area contributed by atoms with E-state index in [0.717, 1.165) is 35.4 Å². The fraction of sp³-hybridized carbons (Fsp3) is 0.105. The van der Waals surface area contributed by atoms with Crippen LogP contribution in [0, 0.1) is 0 Å². The number of benzene rings is 2. The lowest BCUT2D eigenvalue weighted by atomic mass is 10.1. The molecule has 0 atom stereocenters. The smallest absolute Gasteiger partial charge is 0.133 e. The largest absolute Gasteiger partial charge is 0.274 e. The van der Waals surface area contributed by atoms with Crippen molar-refractivity contribution < 1.29 is 0 Å². The molecule has 0 radical (unpaired) electrons. The second kappa shape index (κ2) is 6.01. The Morgan fingerprint density at radius 1 is 0.783 bits per heavy atom. The van der Waals surface area contributed by atoms with Crippen LogP contribution < -0.4 is 0 Å². The molecule has 2 aromatic carbocycles. The topological polar surface area (TPSA) is 54.5 Å². The summed E-state index contributed by atoms with van der Waals surface area (Å²) in [5, 5.41) is 7.44. The Bertz CT molecular complexity index is 914. The van der Waals surface area contributed by atoms with Gasteiger partial charge in [0.15, 0.2) is 0 Å². The minimum atomic E-state index is 0.729. The number of aromatic amines is 1. The molecule has 0 aliphatic rings. The molecule has 0 saturated carbocycles. The van der Waals surface area contributed by atoms with Crippen molar-refractivity contribution >= 4 is 11.0 Å². The summed E-state index contributed by atoms with van der Waals surface area (Å²) in [6.45, 7) is 0. The van der Waals surface area contributed by atoms with Crippen LogP contribution in [-0.4, -0.2) is 20.2 Å². The van der Waals surface area contributed by atoms with Crippen molar-refractivity contribution in [3.05, 3.63) is 89.5 Å². The van der Waals surface area contributed by atoms with Gasteiger partial charge in [-0.3, -0.25) is 5.10 Å². The van der Waals surface area contributed by atoms with E-state index in [9.17, 15) is 0 Å². The molecule has 4 heteroatoms. The number of rotatable bonds is 4. The molecule has 23 heavy (non-hydrogen) atoms. The van der Waals surface area contributed by atoms with Crippen molar-refractivity contribution in [3.63, 3.8) is 0 Å². The van der Waals surface area contributed by atoms with Crippen LogP contribution in [0.2, 0.25) is 0 Å². The zero-order valence-electron chi connectivity index (χ0n) is 12.6. The number of nitrogens with one attached hydrogen (secondary N) is 1. The molecule has 0 amide bonds. The zero-order chi connectivity index (χ0) is 15.5. The van der Waals surface area contributed by atoms with E-state index in [1.54, 1.807) is 0 Å². The van der Waals surface area contributed by atoms with E-state index in [1.807, 2.05) is 42.6 Å². The molecule has 0 unspecified atom stereocenters. The maximum atomic E-state index is 4.72. The van der Waals surface area contributed by atoms with Gasteiger partial charge < -0.3 is 0 Å². The standard InChI is InChI=1S/C19H16N4/c1-3-7-14(8-4-1)11-16-19-17(23-22-16)13-20-18(21-19)12-15-9-5-2-6-10-15/h1-10,13H,11-12H2,(H,22,23). The van der Waals surface area contributed by atoms with Gasteiger partial charge in [0.25, 0.3) is 0 Å². The Labute approximate surface area is 134 Å². The Morgan fingerprint density at radius 3 is 2.13 bits per heavy atom. The molecule has 1 N–H and O–H groups in total. The fourth-order valence-corrected chi connectivity index (χ4v) is 2.68. The molecule has 112 valence electrons. The van der Waals surface area contributed by atoms with Crippen LogP contribution in [-0.2, 0) is 12.8 Å². The van der Waals surface area contributed by atoms with Crippen molar-refractivity contribution in [1.29, 1.82) is 0 Å². The van der Waals surface area contributed by atoms with E-state index >= 15 is 0 Å². The van der Waals surface area contributed by atoms with Crippen LogP contribution in [0.5, 0.6) is 0 Å². The zero-order valence-corrected chi connectivity index (χ0v) is 12.6. The van der Waals surface area contributed by atoms with Crippen LogP contribution in [0.25, 0.3) is 11.0 Å². The molecule has 2 aromatic heterocycles. The van der Waals surface area contributed by atoms with Gasteiger partial charge in [0.1, 0.15) is 16.9 Å². The summed E-state index contributed by atoms with van der Waals surface area (Å²) in [6, 6.07) is 20.6. The van der Waals surface area contributed by atoms with Crippen LogP contribution in [0.1, 0.15) is 22.6 Å². The highest BCUT2D eigenvalue weighted by atomic mass is 15.1. The quantitative estimate of drug-likeness (QED) is 0.627. The first-order chi connectivity index (χ1) is 11.4. The van der Waals surface area contributed by atoms with Crippen LogP contribution >= 0.6 is 0 Å². The van der Waals surface area contributed by atoms with Gasteiger partial charge in [-0.2, -0.15) is 5.10 Å². The Kier molecular flexibility index (Phi) is 3.56. The summed E-state index contributed by atoms with van der Waals surface area (Å²) in [6.07, 6.45) is 3.32. The summed E-state index contributed by atoms with van der Waals surface area (Å²) in [7, 11) is 0. The third-order valence-corrected chi connectivity index (χ3v) is 3.84. The molecule has 0 saturated heterocycles. The normalized spacial score (nSPS) is 11.0. The minimum absolute atomic E-state index is 0.729. The summed E-state index contributed by atoms with van der Waals surface area (Å²) in [4.78, 5) is 9.16. The van der Waals surface area contributed by atoms with Gasteiger partial charge in [0, 0.05) is 12.8 Å². The van der Waals surface area contributed by atoms with Crippen molar-refractivity contribution in [3.8, 4) is 0 Å². The van der Waals surface area contributed by atoms with Crippen LogP contribution in [0.3, 0.4) is 0 Å². The van der Waals surface area contributed by atoms with E-state index < -0.39 is 0 Å². The Balaban J connectivity index is 1.66. The lowest BCUT2D eigenvalue weighted by Gasteiger charge is -2.02. The fourth-order valence-electron chi connectivity index (χ4n) is 2.68. The molecule has 0 bridgehead atoms. The lowest BCUT2D eigenvalue weighted by Crippen LogP contribution is -1.97. The highest BCUT2D eigenvalue weighted by Crippen LogP contribution is 2.17. The summed E-state index contributed by atoms with van der Waals surface area (Å²) in [5.74, 6) is 0.819. The number of hydrogen-bond donors (Lipinski definition) is 1. The minimum Gasteiger partial charge on any atom is -0.274 e.